The molecule has 3 amide bonds. The van der Waals surface area contributed by atoms with Crippen molar-refractivity contribution in [2.75, 3.05) is 0 Å². The van der Waals surface area contributed by atoms with Crippen LogP contribution in [0.15, 0.2) is 51.4 Å². The zero-order valence-electron chi connectivity index (χ0n) is 14.9. The van der Waals surface area contributed by atoms with E-state index in [0.29, 0.717) is 23.8 Å². The van der Waals surface area contributed by atoms with Gasteiger partial charge in [0, 0.05) is 6.42 Å². The van der Waals surface area contributed by atoms with E-state index < -0.39 is 17.5 Å². The topological polar surface area (TPSA) is 101 Å². The zero-order chi connectivity index (χ0) is 19.0. The van der Waals surface area contributed by atoms with Gasteiger partial charge in [0.05, 0.1) is 0 Å². The minimum atomic E-state index is -1.25. The van der Waals surface area contributed by atoms with E-state index >= 15 is 0 Å². The van der Waals surface area contributed by atoms with Crippen LogP contribution in [0.4, 0.5) is 4.79 Å². The van der Waals surface area contributed by atoms with E-state index in [4.69, 9.17) is 8.94 Å². The molecule has 0 spiro atoms. The Morgan fingerprint density at radius 2 is 1.93 bits per heavy atom. The first kappa shape index (κ1) is 17.0. The highest BCUT2D eigenvalue weighted by atomic mass is 16.5. The Kier molecular flexibility index (Phi) is 4.02. The second kappa shape index (κ2) is 6.39. The van der Waals surface area contributed by atoms with Crippen molar-refractivity contribution in [2.24, 2.45) is 0 Å². The van der Waals surface area contributed by atoms with E-state index in [9.17, 15) is 9.59 Å². The van der Waals surface area contributed by atoms with Crippen molar-refractivity contribution in [1.29, 1.82) is 0 Å². The molecule has 1 aromatic carbocycles. The summed E-state index contributed by atoms with van der Waals surface area (Å²) in [6, 6.07) is 12.6. The normalized spacial score (nSPS) is 19.6. The number of rotatable bonds is 5. The van der Waals surface area contributed by atoms with E-state index in [0.717, 1.165) is 10.5 Å². The van der Waals surface area contributed by atoms with Crippen molar-refractivity contribution in [3.63, 3.8) is 0 Å². The van der Waals surface area contributed by atoms with E-state index in [1.807, 2.05) is 30.3 Å². The van der Waals surface area contributed by atoms with Gasteiger partial charge < -0.3 is 14.3 Å². The molecule has 4 rings (SSSR count). The first-order valence-electron chi connectivity index (χ1n) is 8.52. The molecule has 8 heteroatoms. The number of nitrogens with zero attached hydrogens (tertiary/aromatic N) is 3. The summed E-state index contributed by atoms with van der Waals surface area (Å²) in [5.74, 6) is 1.31. The van der Waals surface area contributed by atoms with Crippen LogP contribution < -0.4 is 5.32 Å². The maximum Gasteiger partial charge on any atom is 0.325 e. The highest BCUT2D eigenvalue weighted by Crippen LogP contribution is 2.30. The largest absolute Gasteiger partial charge is 0.463 e. The Balaban J connectivity index is 1.50. The maximum atomic E-state index is 12.8. The van der Waals surface area contributed by atoms with Gasteiger partial charge in [-0.25, -0.2) is 4.79 Å². The number of nitrogens with one attached hydrogen (secondary N) is 1. The molecular weight excluding hydrogens is 348 g/mol. The molecule has 1 aliphatic rings. The molecule has 1 fully saturated rings. The van der Waals surface area contributed by atoms with Gasteiger partial charge >= 0.3 is 6.03 Å². The summed E-state index contributed by atoms with van der Waals surface area (Å²) in [6.07, 6.45) is 0.508. The number of furan rings is 1. The Bertz CT molecular complexity index is 994. The number of aromatic nitrogens is 2. The van der Waals surface area contributed by atoms with Crippen molar-refractivity contribution in [2.45, 2.75) is 32.4 Å². The second-order valence-electron chi connectivity index (χ2n) is 6.62. The fourth-order valence-electron chi connectivity index (χ4n) is 3.05. The van der Waals surface area contributed by atoms with Crippen LogP contribution in [0.5, 0.6) is 0 Å². The third-order valence-corrected chi connectivity index (χ3v) is 4.52. The number of benzene rings is 1. The fourth-order valence-corrected chi connectivity index (χ4v) is 3.05. The lowest BCUT2D eigenvalue weighted by molar-refractivity contribution is -0.132. The first-order chi connectivity index (χ1) is 13.0. The second-order valence-corrected chi connectivity index (χ2v) is 6.62. The lowest BCUT2D eigenvalue weighted by Gasteiger charge is -2.18. The number of imide groups is 1. The maximum absolute atomic E-state index is 12.8. The molecule has 1 unspecified atom stereocenters. The van der Waals surface area contributed by atoms with Crippen LogP contribution in [0.2, 0.25) is 0 Å². The molecule has 3 heterocycles. The van der Waals surface area contributed by atoms with Gasteiger partial charge in [0.2, 0.25) is 5.89 Å². The van der Waals surface area contributed by atoms with Crippen LogP contribution in [-0.4, -0.2) is 27.0 Å². The van der Waals surface area contributed by atoms with E-state index in [1.54, 1.807) is 26.0 Å². The van der Waals surface area contributed by atoms with Crippen LogP contribution in [-0.2, 0) is 23.3 Å². The van der Waals surface area contributed by atoms with Crippen molar-refractivity contribution >= 4 is 11.9 Å². The van der Waals surface area contributed by atoms with Crippen LogP contribution >= 0.6 is 0 Å². The summed E-state index contributed by atoms with van der Waals surface area (Å²) in [5, 5.41) is 6.61. The summed E-state index contributed by atoms with van der Waals surface area (Å²) in [7, 11) is 0. The number of carbonyl (C=O) groups excluding carboxylic acids is 2. The molecule has 1 N–H and O–H groups in total. The summed E-state index contributed by atoms with van der Waals surface area (Å²) < 4.78 is 10.8. The molecule has 138 valence electrons. The molecule has 0 saturated carbocycles. The van der Waals surface area contributed by atoms with Gasteiger partial charge in [0.15, 0.2) is 11.4 Å². The van der Waals surface area contributed by atoms with Crippen LogP contribution in [0.25, 0.3) is 0 Å². The molecule has 3 aromatic rings. The lowest BCUT2D eigenvalue weighted by atomic mass is 9.99. The third kappa shape index (κ3) is 3.10. The number of hydrogen-bond acceptors (Lipinski definition) is 6. The van der Waals surface area contributed by atoms with Gasteiger partial charge in [-0.3, -0.25) is 9.69 Å². The van der Waals surface area contributed by atoms with Gasteiger partial charge in [-0.05, 0) is 31.5 Å². The smallest absolute Gasteiger partial charge is 0.325 e. The SMILES string of the molecule is Cc1ccc(C2(C)NC(=O)N(Cc3nc(Cc4ccccc4)no3)C2=O)o1. The minimum absolute atomic E-state index is 0.0955. The van der Waals surface area contributed by atoms with Gasteiger partial charge in [-0.15, -0.1) is 0 Å². The predicted molar refractivity (Wildman–Crippen MR) is 93.4 cm³/mol. The van der Waals surface area contributed by atoms with Gasteiger partial charge in [0.1, 0.15) is 18.1 Å². The van der Waals surface area contributed by atoms with Crippen LogP contribution in [0.1, 0.15) is 35.7 Å². The number of urea groups is 1. The lowest BCUT2D eigenvalue weighted by Crippen LogP contribution is -2.40. The van der Waals surface area contributed by atoms with Gasteiger partial charge in [-0.2, -0.15) is 4.98 Å². The minimum Gasteiger partial charge on any atom is -0.463 e. The molecule has 1 saturated heterocycles. The average molecular weight is 366 g/mol. The monoisotopic (exact) mass is 366 g/mol. The fraction of sp³-hybridized carbons (Fsp3) is 0.263. The summed E-state index contributed by atoms with van der Waals surface area (Å²) in [5.41, 5.74) is -0.210. The Hall–Kier alpha value is -3.42. The quantitative estimate of drug-likeness (QED) is 0.696. The standard InChI is InChI=1S/C19H18N4O4/c1-12-8-9-14(26-12)19(2)17(24)23(18(25)21-19)11-16-20-15(22-27-16)10-13-6-4-3-5-7-13/h3-9H,10-11H2,1-2H3,(H,21,25). The summed E-state index contributed by atoms with van der Waals surface area (Å²) >= 11 is 0. The van der Waals surface area contributed by atoms with E-state index in [1.165, 1.54) is 0 Å². The molecule has 2 aromatic heterocycles. The number of carbonyl (C=O) groups is 2. The number of hydrogen-bond donors (Lipinski definition) is 1. The van der Waals surface area contributed by atoms with E-state index in [2.05, 4.69) is 15.5 Å². The molecule has 8 nitrogen and oxygen atoms in total. The molecule has 0 bridgehead atoms. The van der Waals surface area contributed by atoms with Crippen molar-refractivity contribution < 1.29 is 18.5 Å². The number of aryl methyl sites for hydroxylation is 1. The zero-order valence-corrected chi connectivity index (χ0v) is 14.9. The average Bonchev–Trinajstić information content (AvgIpc) is 3.33. The highest BCUT2D eigenvalue weighted by molar-refractivity contribution is 6.06. The van der Waals surface area contributed by atoms with Crippen molar-refractivity contribution in [3.8, 4) is 0 Å². The molecule has 27 heavy (non-hydrogen) atoms. The molecule has 0 aliphatic carbocycles. The third-order valence-electron chi connectivity index (χ3n) is 4.52. The highest BCUT2D eigenvalue weighted by Gasteiger charge is 2.51. The Labute approximate surface area is 155 Å². The molecule has 1 aliphatic heterocycles. The first-order valence-corrected chi connectivity index (χ1v) is 8.52. The van der Waals surface area contributed by atoms with E-state index in [-0.39, 0.29) is 12.4 Å². The summed E-state index contributed by atoms with van der Waals surface area (Å²) in [6.45, 7) is 3.29. The summed E-state index contributed by atoms with van der Waals surface area (Å²) in [4.78, 5) is 30.5. The van der Waals surface area contributed by atoms with Gasteiger partial charge in [0.25, 0.3) is 5.91 Å². The van der Waals surface area contributed by atoms with Crippen LogP contribution in [0, 0.1) is 6.92 Å². The predicted octanol–water partition coefficient (Wildman–Crippen LogP) is 2.53. The van der Waals surface area contributed by atoms with Crippen molar-refractivity contribution in [3.05, 3.63) is 71.3 Å². The molecular formula is C19H18N4O4. The molecule has 1 atom stereocenters. The number of amides is 3. The van der Waals surface area contributed by atoms with Crippen molar-refractivity contribution in [1.82, 2.24) is 20.4 Å². The van der Waals surface area contributed by atoms with Crippen LogP contribution in [0.3, 0.4) is 0 Å². The Morgan fingerprint density at radius 1 is 1.15 bits per heavy atom. The molecule has 0 radical (unpaired) electrons. The Morgan fingerprint density at radius 3 is 2.63 bits per heavy atom. The van der Waals surface area contributed by atoms with Gasteiger partial charge in [-0.1, -0.05) is 35.5 Å².